The Kier molecular flexibility index (Phi) is 7.29. The molecule has 4 fully saturated rings. The average Bonchev–Trinajstić information content (AvgIpc) is 3.51. The number of nitrogens with zero attached hydrogens (tertiary/aromatic N) is 2. The second-order valence-corrected chi connectivity index (χ2v) is 8.56. The number of aliphatic imine (C=N–C) groups is 1. The molecule has 4 nitrogen and oxygen atoms in total. The van der Waals surface area contributed by atoms with E-state index in [0.29, 0.717) is 12.1 Å². The summed E-state index contributed by atoms with van der Waals surface area (Å²) < 4.78 is 0. The van der Waals surface area contributed by atoms with Crippen LogP contribution < -0.4 is 10.6 Å². The van der Waals surface area contributed by atoms with E-state index in [4.69, 9.17) is 4.99 Å². The minimum Gasteiger partial charge on any atom is -0.354 e. The number of guanidine groups is 1. The Bertz CT molecular complexity index is 437. The number of rotatable bonds is 5. The fourth-order valence-corrected chi connectivity index (χ4v) is 4.97. The van der Waals surface area contributed by atoms with Gasteiger partial charge in [0, 0.05) is 37.8 Å². The summed E-state index contributed by atoms with van der Waals surface area (Å²) in [6.07, 6.45) is 14.1. The first-order valence-electron chi connectivity index (χ1n) is 10.6. The quantitative estimate of drug-likeness (QED) is 0.373. The maximum Gasteiger partial charge on any atom is 0.191 e. The molecule has 0 bridgehead atoms. The Hall–Kier alpha value is -0.0400. The molecule has 0 amide bonds. The van der Waals surface area contributed by atoms with Crippen molar-refractivity contribution in [3.63, 3.8) is 0 Å². The highest BCUT2D eigenvalue weighted by Crippen LogP contribution is 2.44. The summed E-state index contributed by atoms with van der Waals surface area (Å²) in [5.41, 5.74) is 0. The fourth-order valence-electron chi connectivity index (χ4n) is 4.97. The van der Waals surface area contributed by atoms with Gasteiger partial charge >= 0.3 is 0 Å². The molecule has 25 heavy (non-hydrogen) atoms. The van der Waals surface area contributed by atoms with Crippen molar-refractivity contribution in [1.82, 2.24) is 15.5 Å². The molecular weight excluding hydrogens is 423 g/mol. The van der Waals surface area contributed by atoms with Crippen LogP contribution in [0.2, 0.25) is 0 Å². The van der Waals surface area contributed by atoms with E-state index in [1.807, 2.05) is 0 Å². The predicted molar refractivity (Wildman–Crippen MR) is 116 cm³/mol. The van der Waals surface area contributed by atoms with Crippen LogP contribution in [0.15, 0.2) is 4.99 Å². The number of halogens is 1. The topological polar surface area (TPSA) is 39.7 Å². The monoisotopic (exact) mass is 460 g/mol. The Labute approximate surface area is 171 Å². The van der Waals surface area contributed by atoms with E-state index in [9.17, 15) is 0 Å². The van der Waals surface area contributed by atoms with Gasteiger partial charge in [0.25, 0.3) is 0 Å². The highest BCUT2D eigenvalue weighted by Gasteiger charge is 2.43. The highest BCUT2D eigenvalue weighted by atomic mass is 127. The van der Waals surface area contributed by atoms with Crippen LogP contribution in [0.4, 0.5) is 0 Å². The van der Waals surface area contributed by atoms with Crippen molar-refractivity contribution in [1.29, 1.82) is 0 Å². The molecule has 2 unspecified atom stereocenters. The van der Waals surface area contributed by atoms with Crippen molar-refractivity contribution in [2.24, 2.45) is 16.8 Å². The molecule has 4 aliphatic rings. The van der Waals surface area contributed by atoms with Crippen LogP contribution in [0, 0.1) is 11.8 Å². The second-order valence-electron chi connectivity index (χ2n) is 8.56. The van der Waals surface area contributed by atoms with Crippen LogP contribution >= 0.6 is 24.0 Å². The van der Waals surface area contributed by atoms with E-state index < -0.39 is 0 Å². The van der Waals surface area contributed by atoms with Crippen molar-refractivity contribution in [2.45, 2.75) is 89.3 Å². The van der Waals surface area contributed by atoms with Crippen molar-refractivity contribution in [3.8, 4) is 0 Å². The largest absolute Gasteiger partial charge is 0.354 e. The third kappa shape index (κ3) is 5.47. The lowest BCUT2D eigenvalue weighted by Crippen LogP contribution is -2.49. The highest BCUT2D eigenvalue weighted by molar-refractivity contribution is 14.0. The van der Waals surface area contributed by atoms with Crippen LogP contribution in [0.25, 0.3) is 0 Å². The van der Waals surface area contributed by atoms with Gasteiger partial charge in [-0.05, 0) is 50.9 Å². The molecule has 0 aromatic heterocycles. The van der Waals surface area contributed by atoms with Gasteiger partial charge < -0.3 is 15.5 Å². The number of piperidine rings is 1. The van der Waals surface area contributed by atoms with E-state index >= 15 is 0 Å². The van der Waals surface area contributed by atoms with Gasteiger partial charge in [-0.1, -0.05) is 32.1 Å². The molecule has 0 aromatic carbocycles. The minimum absolute atomic E-state index is 0. The molecule has 0 aromatic rings. The zero-order chi connectivity index (χ0) is 16.4. The summed E-state index contributed by atoms with van der Waals surface area (Å²) in [5.74, 6) is 3.00. The maximum atomic E-state index is 4.73. The molecule has 1 heterocycles. The number of nitrogens with one attached hydrogen (secondary N) is 2. The van der Waals surface area contributed by atoms with Crippen molar-refractivity contribution in [3.05, 3.63) is 0 Å². The molecule has 144 valence electrons. The molecule has 4 rings (SSSR count). The molecule has 0 spiro atoms. The van der Waals surface area contributed by atoms with Crippen LogP contribution in [0.5, 0.6) is 0 Å². The smallest absolute Gasteiger partial charge is 0.191 e. The van der Waals surface area contributed by atoms with Gasteiger partial charge in [-0.2, -0.15) is 0 Å². The fraction of sp³-hybridized carbons (Fsp3) is 0.950. The lowest BCUT2D eigenvalue weighted by molar-refractivity contribution is 0.197. The second kappa shape index (κ2) is 9.25. The predicted octanol–water partition coefficient (Wildman–Crippen LogP) is 3.76. The summed E-state index contributed by atoms with van der Waals surface area (Å²) in [4.78, 5) is 7.42. The summed E-state index contributed by atoms with van der Waals surface area (Å²) in [7, 11) is 0. The normalized spacial score (nSPS) is 32.1. The third-order valence-electron chi connectivity index (χ3n) is 6.67. The third-order valence-corrected chi connectivity index (χ3v) is 6.67. The van der Waals surface area contributed by atoms with E-state index in [2.05, 4.69) is 22.5 Å². The Morgan fingerprint density at radius 1 is 0.960 bits per heavy atom. The average molecular weight is 460 g/mol. The molecule has 1 aliphatic heterocycles. The first-order valence-corrected chi connectivity index (χ1v) is 10.6. The van der Waals surface area contributed by atoms with Gasteiger partial charge in [0.15, 0.2) is 5.96 Å². The van der Waals surface area contributed by atoms with Gasteiger partial charge in [0.2, 0.25) is 0 Å². The van der Waals surface area contributed by atoms with Crippen LogP contribution in [0.3, 0.4) is 0 Å². The van der Waals surface area contributed by atoms with Gasteiger partial charge in [-0.15, -0.1) is 24.0 Å². The maximum absolute atomic E-state index is 4.73. The Balaban J connectivity index is 0.00000182. The molecule has 2 N–H and O–H groups in total. The number of likely N-dealkylation sites (tertiary alicyclic amines) is 1. The van der Waals surface area contributed by atoms with Gasteiger partial charge in [-0.25, -0.2) is 0 Å². The SMILES string of the molecule is CCN=C(NC1CCN(C2CC2)CC1)NC1CC1C1CCCCC1.I. The lowest BCUT2D eigenvalue weighted by atomic mass is 9.85. The van der Waals surface area contributed by atoms with Crippen LogP contribution in [-0.4, -0.2) is 48.6 Å². The molecule has 1 saturated heterocycles. The van der Waals surface area contributed by atoms with Gasteiger partial charge in [-0.3, -0.25) is 4.99 Å². The number of hydrogen-bond donors (Lipinski definition) is 2. The first kappa shape index (κ1) is 19.7. The number of hydrogen-bond acceptors (Lipinski definition) is 2. The Morgan fingerprint density at radius 3 is 2.32 bits per heavy atom. The van der Waals surface area contributed by atoms with Crippen molar-refractivity contribution >= 4 is 29.9 Å². The van der Waals surface area contributed by atoms with Gasteiger partial charge in [0.1, 0.15) is 0 Å². The van der Waals surface area contributed by atoms with Crippen molar-refractivity contribution in [2.75, 3.05) is 19.6 Å². The van der Waals surface area contributed by atoms with E-state index in [1.165, 1.54) is 77.3 Å². The summed E-state index contributed by atoms with van der Waals surface area (Å²) >= 11 is 0. The minimum atomic E-state index is 0. The zero-order valence-electron chi connectivity index (χ0n) is 15.9. The van der Waals surface area contributed by atoms with E-state index in [-0.39, 0.29) is 24.0 Å². The van der Waals surface area contributed by atoms with Crippen LogP contribution in [0.1, 0.15) is 71.1 Å². The molecule has 3 saturated carbocycles. The molecule has 5 heteroatoms. The molecular formula is C20H37IN4. The molecule has 2 atom stereocenters. The first-order chi connectivity index (χ1) is 11.8. The standard InChI is InChI=1S/C20H36N4.HI/c1-2-21-20(22-16-10-12-24(13-11-16)17-8-9-17)23-19-14-18(19)15-6-4-3-5-7-15;/h15-19H,2-14H2,1H3,(H2,21,22,23);1H. The van der Waals surface area contributed by atoms with E-state index in [1.54, 1.807) is 0 Å². The summed E-state index contributed by atoms with van der Waals surface area (Å²) in [6, 6.07) is 2.23. The van der Waals surface area contributed by atoms with Crippen LogP contribution in [-0.2, 0) is 0 Å². The van der Waals surface area contributed by atoms with Gasteiger partial charge in [0.05, 0.1) is 0 Å². The molecule has 0 radical (unpaired) electrons. The van der Waals surface area contributed by atoms with Crippen molar-refractivity contribution < 1.29 is 0 Å². The van der Waals surface area contributed by atoms with E-state index in [0.717, 1.165) is 30.4 Å². The lowest BCUT2D eigenvalue weighted by Gasteiger charge is -2.33. The Morgan fingerprint density at radius 2 is 1.68 bits per heavy atom. The zero-order valence-corrected chi connectivity index (χ0v) is 18.2. The summed E-state index contributed by atoms with van der Waals surface area (Å²) in [5, 5.41) is 7.50. The molecule has 3 aliphatic carbocycles. The summed E-state index contributed by atoms with van der Waals surface area (Å²) in [6.45, 7) is 5.56.